The van der Waals surface area contributed by atoms with Gasteiger partial charge in [0.25, 0.3) is 0 Å². The predicted molar refractivity (Wildman–Crippen MR) is 92.8 cm³/mol. The van der Waals surface area contributed by atoms with E-state index in [4.69, 9.17) is 0 Å². The summed E-state index contributed by atoms with van der Waals surface area (Å²) >= 11 is 0. The highest BCUT2D eigenvalue weighted by molar-refractivity contribution is 5.95. The average Bonchev–Trinajstić information content (AvgIpc) is 3.09. The van der Waals surface area contributed by atoms with Crippen LogP contribution < -0.4 is 5.32 Å². The standard InChI is InChI=1S/C20H23N3O/c24-19(20-10-14-7-15(11-20)9-16(8-14)12-20)22-17-1-3-18(4-2-17)23-6-5-21-13-23/h1-6,13-16H,7-12H2,(H,22,24). The van der Waals surface area contributed by atoms with E-state index in [1.165, 1.54) is 19.3 Å². The third-order valence-electron chi connectivity index (χ3n) is 6.45. The highest BCUT2D eigenvalue weighted by atomic mass is 16.2. The van der Waals surface area contributed by atoms with Gasteiger partial charge in [-0.1, -0.05) is 0 Å². The predicted octanol–water partition coefficient (Wildman–Crippen LogP) is 4.03. The van der Waals surface area contributed by atoms with Crippen LogP contribution in [0.2, 0.25) is 0 Å². The van der Waals surface area contributed by atoms with E-state index >= 15 is 0 Å². The molecule has 2 aromatic rings. The first-order valence-electron chi connectivity index (χ1n) is 9.10. The number of rotatable bonds is 3. The Morgan fingerprint density at radius 3 is 2.21 bits per heavy atom. The number of hydrogen-bond donors (Lipinski definition) is 1. The minimum atomic E-state index is -0.0855. The summed E-state index contributed by atoms with van der Waals surface area (Å²) in [5.41, 5.74) is 1.87. The molecule has 4 heteroatoms. The van der Waals surface area contributed by atoms with E-state index in [0.717, 1.165) is 48.4 Å². The fraction of sp³-hybridized carbons (Fsp3) is 0.500. The molecule has 1 aromatic heterocycles. The molecule has 24 heavy (non-hydrogen) atoms. The van der Waals surface area contributed by atoms with Crippen LogP contribution >= 0.6 is 0 Å². The number of aromatic nitrogens is 2. The van der Waals surface area contributed by atoms with Crippen LogP contribution in [0.3, 0.4) is 0 Å². The van der Waals surface area contributed by atoms with Crippen molar-refractivity contribution in [2.24, 2.45) is 23.2 Å². The van der Waals surface area contributed by atoms with Gasteiger partial charge >= 0.3 is 0 Å². The molecule has 4 saturated carbocycles. The number of nitrogens with one attached hydrogen (secondary N) is 1. The number of imidazole rings is 1. The molecule has 1 heterocycles. The average molecular weight is 321 g/mol. The zero-order valence-electron chi connectivity index (χ0n) is 13.8. The van der Waals surface area contributed by atoms with E-state index in [9.17, 15) is 4.79 Å². The van der Waals surface area contributed by atoms with Crippen molar-refractivity contribution in [3.63, 3.8) is 0 Å². The van der Waals surface area contributed by atoms with Crippen molar-refractivity contribution >= 4 is 11.6 Å². The molecule has 0 unspecified atom stereocenters. The fourth-order valence-electron chi connectivity index (χ4n) is 5.78. The maximum absolute atomic E-state index is 13.1. The lowest BCUT2D eigenvalue weighted by Crippen LogP contribution is -2.51. The molecule has 4 aliphatic carbocycles. The number of hydrogen-bond acceptors (Lipinski definition) is 2. The number of carbonyl (C=O) groups excluding carboxylic acids is 1. The van der Waals surface area contributed by atoms with Gasteiger partial charge in [0.1, 0.15) is 0 Å². The van der Waals surface area contributed by atoms with E-state index in [1.807, 2.05) is 35.0 Å². The van der Waals surface area contributed by atoms with Gasteiger partial charge < -0.3 is 9.88 Å². The van der Waals surface area contributed by atoms with Crippen molar-refractivity contribution < 1.29 is 4.79 Å². The molecule has 0 atom stereocenters. The number of nitrogens with zero attached hydrogens (tertiary/aromatic N) is 2. The maximum atomic E-state index is 13.1. The van der Waals surface area contributed by atoms with Crippen molar-refractivity contribution in [3.8, 4) is 5.69 Å². The molecule has 0 radical (unpaired) electrons. The van der Waals surface area contributed by atoms with Crippen molar-refractivity contribution in [1.82, 2.24) is 9.55 Å². The first-order chi connectivity index (χ1) is 11.7. The zero-order valence-corrected chi connectivity index (χ0v) is 13.8. The second-order valence-corrected chi connectivity index (χ2v) is 8.17. The van der Waals surface area contributed by atoms with Crippen LogP contribution in [0.4, 0.5) is 5.69 Å². The Balaban J connectivity index is 1.33. The molecule has 4 aliphatic rings. The molecule has 1 aromatic carbocycles. The summed E-state index contributed by atoms with van der Waals surface area (Å²) < 4.78 is 1.96. The van der Waals surface area contributed by atoms with Crippen LogP contribution in [-0.4, -0.2) is 15.5 Å². The lowest BCUT2D eigenvalue weighted by Gasteiger charge is -2.55. The summed E-state index contributed by atoms with van der Waals surface area (Å²) in [6.45, 7) is 0. The largest absolute Gasteiger partial charge is 0.326 e. The van der Waals surface area contributed by atoms with Crippen molar-refractivity contribution in [2.45, 2.75) is 38.5 Å². The van der Waals surface area contributed by atoms with E-state index in [2.05, 4.69) is 10.3 Å². The van der Waals surface area contributed by atoms with Gasteiger partial charge in [0.15, 0.2) is 0 Å². The summed E-state index contributed by atoms with van der Waals surface area (Å²) in [4.78, 5) is 17.1. The second kappa shape index (κ2) is 5.20. The molecule has 124 valence electrons. The number of benzene rings is 1. The van der Waals surface area contributed by atoms with Crippen molar-refractivity contribution in [1.29, 1.82) is 0 Å². The molecule has 1 N–H and O–H groups in total. The Bertz CT molecular complexity index is 712. The normalized spacial score (nSPS) is 33.6. The fourth-order valence-corrected chi connectivity index (χ4v) is 5.78. The topological polar surface area (TPSA) is 46.9 Å². The summed E-state index contributed by atoms with van der Waals surface area (Å²) in [6, 6.07) is 8.04. The third kappa shape index (κ3) is 2.27. The van der Waals surface area contributed by atoms with Gasteiger partial charge in [0.2, 0.25) is 5.91 Å². The second-order valence-electron chi connectivity index (χ2n) is 8.17. The molecule has 4 bridgehead atoms. The minimum Gasteiger partial charge on any atom is -0.326 e. The molecule has 6 rings (SSSR count). The lowest BCUT2D eigenvalue weighted by atomic mass is 9.49. The number of carbonyl (C=O) groups is 1. The van der Waals surface area contributed by atoms with Gasteiger partial charge in [0, 0.05) is 23.8 Å². The highest BCUT2D eigenvalue weighted by Gasteiger charge is 2.54. The zero-order chi connectivity index (χ0) is 16.1. The summed E-state index contributed by atoms with van der Waals surface area (Å²) in [5.74, 6) is 2.65. The van der Waals surface area contributed by atoms with Crippen LogP contribution in [0.15, 0.2) is 43.0 Å². The summed E-state index contributed by atoms with van der Waals surface area (Å²) in [7, 11) is 0. The lowest BCUT2D eigenvalue weighted by molar-refractivity contribution is -0.140. The first kappa shape index (κ1) is 14.3. The summed E-state index contributed by atoms with van der Waals surface area (Å²) in [5, 5.41) is 3.21. The van der Waals surface area contributed by atoms with Gasteiger partial charge in [-0.3, -0.25) is 4.79 Å². The van der Waals surface area contributed by atoms with E-state index in [0.29, 0.717) is 0 Å². The third-order valence-corrected chi connectivity index (χ3v) is 6.45. The molecule has 4 fully saturated rings. The Hall–Kier alpha value is -2.10. The van der Waals surface area contributed by atoms with Gasteiger partial charge in [-0.2, -0.15) is 0 Å². The van der Waals surface area contributed by atoms with Gasteiger partial charge in [-0.05, 0) is 80.5 Å². The van der Waals surface area contributed by atoms with E-state index in [1.54, 1.807) is 12.5 Å². The van der Waals surface area contributed by atoms with Crippen LogP contribution in [0.25, 0.3) is 5.69 Å². The molecular formula is C20H23N3O. The molecule has 0 spiro atoms. The van der Waals surface area contributed by atoms with Gasteiger partial charge in [0.05, 0.1) is 11.7 Å². The maximum Gasteiger partial charge on any atom is 0.230 e. The van der Waals surface area contributed by atoms with Crippen LogP contribution in [0.5, 0.6) is 0 Å². The molecular weight excluding hydrogens is 298 g/mol. The minimum absolute atomic E-state index is 0.0855. The quantitative estimate of drug-likeness (QED) is 0.928. The Morgan fingerprint density at radius 2 is 1.67 bits per heavy atom. The smallest absolute Gasteiger partial charge is 0.230 e. The number of amides is 1. The van der Waals surface area contributed by atoms with Gasteiger partial charge in [-0.15, -0.1) is 0 Å². The van der Waals surface area contributed by atoms with Gasteiger partial charge in [-0.25, -0.2) is 4.98 Å². The van der Waals surface area contributed by atoms with Crippen molar-refractivity contribution in [2.75, 3.05) is 5.32 Å². The van der Waals surface area contributed by atoms with E-state index < -0.39 is 0 Å². The van der Waals surface area contributed by atoms with Crippen LogP contribution in [-0.2, 0) is 4.79 Å². The number of anilines is 1. The van der Waals surface area contributed by atoms with E-state index in [-0.39, 0.29) is 11.3 Å². The molecule has 0 aliphatic heterocycles. The molecule has 1 amide bonds. The van der Waals surface area contributed by atoms with Crippen molar-refractivity contribution in [3.05, 3.63) is 43.0 Å². The first-order valence-corrected chi connectivity index (χ1v) is 9.10. The highest BCUT2D eigenvalue weighted by Crippen LogP contribution is 2.60. The van der Waals surface area contributed by atoms with Crippen LogP contribution in [0, 0.1) is 23.2 Å². The SMILES string of the molecule is O=C(Nc1ccc(-n2ccnc2)cc1)C12CC3CC(CC(C3)C1)C2. The molecule has 4 nitrogen and oxygen atoms in total. The summed E-state index contributed by atoms with van der Waals surface area (Å²) in [6.07, 6.45) is 12.9. The van der Waals surface area contributed by atoms with Crippen LogP contribution in [0.1, 0.15) is 38.5 Å². The Morgan fingerprint density at radius 1 is 1.04 bits per heavy atom. The molecule has 0 saturated heterocycles. The monoisotopic (exact) mass is 321 g/mol. The Kier molecular flexibility index (Phi) is 3.09. The Labute approximate surface area is 142 Å².